The molecule has 82 valence electrons. The van der Waals surface area contributed by atoms with Gasteiger partial charge in [-0.3, -0.25) is 4.79 Å². The quantitative estimate of drug-likeness (QED) is 0.778. The third-order valence-electron chi connectivity index (χ3n) is 1.59. The molecule has 1 rings (SSSR count). The fraction of sp³-hybridized carbons (Fsp3) is 0.222. The van der Waals surface area contributed by atoms with Crippen molar-refractivity contribution in [2.24, 2.45) is 0 Å². The van der Waals surface area contributed by atoms with Crippen LogP contribution in [0.4, 0.5) is 8.78 Å². The summed E-state index contributed by atoms with van der Waals surface area (Å²) >= 11 is 3.06. The summed E-state index contributed by atoms with van der Waals surface area (Å²) < 4.78 is 33.3. The van der Waals surface area contributed by atoms with Crippen molar-refractivity contribution in [3.05, 3.63) is 22.2 Å². The van der Waals surface area contributed by atoms with E-state index in [2.05, 4.69) is 25.4 Å². The molecule has 1 aromatic carbocycles. The summed E-state index contributed by atoms with van der Waals surface area (Å²) in [5.41, 5.74) is 0.0884. The second-order valence-electron chi connectivity index (χ2n) is 2.45. The molecule has 0 aliphatic rings. The van der Waals surface area contributed by atoms with Crippen LogP contribution in [0.3, 0.4) is 0 Å². The fourth-order valence-corrected chi connectivity index (χ4v) is 1.60. The van der Waals surface area contributed by atoms with E-state index in [-0.39, 0.29) is 17.1 Å². The van der Waals surface area contributed by atoms with Crippen LogP contribution in [0, 0.1) is 0 Å². The van der Waals surface area contributed by atoms with Gasteiger partial charge in [-0.1, -0.05) is 0 Å². The number of carbonyl (C=O) groups excluding carboxylic acids is 1. The Labute approximate surface area is 93.1 Å². The summed E-state index contributed by atoms with van der Waals surface area (Å²) in [6, 6.07) is 2.65. The predicted octanol–water partition coefficient (Wildman–Crippen LogP) is 2.87. The molecule has 0 atom stereocenters. The Hall–Kier alpha value is -1.17. The summed E-state index contributed by atoms with van der Waals surface area (Å²) in [5.74, 6) is 0.233. The lowest BCUT2D eigenvalue weighted by Gasteiger charge is -2.09. The molecule has 15 heavy (non-hydrogen) atoms. The van der Waals surface area contributed by atoms with Crippen LogP contribution in [0.1, 0.15) is 10.4 Å². The Bertz CT molecular complexity index is 357. The predicted molar refractivity (Wildman–Crippen MR) is 52.7 cm³/mol. The molecule has 0 aromatic heterocycles. The van der Waals surface area contributed by atoms with E-state index in [4.69, 9.17) is 0 Å². The molecule has 0 aliphatic carbocycles. The molecule has 3 nitrogen and oxygen atoms in total. The van der Waals surface area contributed by atoms with Gasteiger partial charge in [-0.15, -0.1) is 0 Å². The zero-order valence-electron chi connectivity index (χ0n) is 7.50. The van der Waals surface area contributed by atoms with Crippen molar-refractivity contribution < 1.29 is 23.0 Å². The van der Waals surface area contributed by atoms with Gasteiger partial charge in [0.05, 0.1) is 10.0 Å². The average molecular weight is 281 g/mol. The van der Waals surface area contributed by atoms with Gasteiger partial charge in [0, 0.05) is 0 Å². The van der Waals surface area contributed by atoms with Gasteiger partial charge in [-0.2, -0.15) is 0 Å². The van der Waals surface area contributed by atoms with E-state index >= 15 is 0 Å². The zero-order chi connectivity index (χ0) is 11.3. The maximum absolute atomic E-state index is 12.0. The molecule has 0 amide bonds. The third-order valence-corrected chi connectivity index (χ3v) is 2.18. The molecule has 0 saturated heterocycles. The molecule has 0 aliphatic heterocycles. The molecule has 0 heterocycles. The van der Waals surface area contributed by atoms with Crippen molar-refractivity contribution in [3.8, 4) is 11.5 Å². The Morgan fingerprint density at radius 3 is 2.47 bits per heavy atom. The summed E-state index contributed by atoms with van der Waals surface area (Å²) in [6.07, 6.45) is 0.473. The van der Waals surface area contributed by atoms with E-state index in [1.165, 1.54) is 12.1 Å². The topological polar surface area (TPSA) is 35.5 Å². The first-order valence-electron chi connectivity index (χ1n) is 3.89. The lowest BCUT2D eigenvalue weighted by Crippen LogP contribution is -1.98. The number of alkyl halides is 2. The van der Waals surface area contributed by atoms with Crippen LogP contribution in [0.25, 0.3) is 0 Å². The Kier molecular flexibility index (Phi) is 4.48. The highest BCUT2D eigenvalue weighted by Crippen LogP contribution is 2.33. The number of aldehydes is 1. The van der Waals surface area contributed by atoms with E-state index in [1.54, 1.807) is 0 Å². The van der Waals surface area contributed by atoms with E-state index < -0.39 is 13.7 Å². The Balaban J connectivity index is 3.11. The molecular formula is C9H7BrF2O3. The number of halogens is 3. The highest BCUT2D eigenvalue weighted by atomic mass is 79.9. The van der Waals surface area contributed by atoms with Gasteiger partial charge in [-0.05, 0) is 28.1 Å². The molecule has 0 radical (unpaired) electrons. The molecule has 0 bridgehead atoms. The first kappa shape index (κ1) is 11.9. The highest BCUT2D eigenvalue weighted by molar-refractivity contribution is 9.10. The number of ether oxygens (including phenoxy) is 2. The number of carbonyl (C=O) groups is 1. The second kappa shape index (κ2) is 5.65. The van der Waals surface area contributed by atoms with E-state index in [0.717, 1.165) is 0 Å². The Morgan fingerprint density at radius 1 is 1.27 bits per heavy atom. The van der Waals surface area contributed by atoms with Gasteiger partial charge in [-0.25, -0.2) is 8.78 Å². The van der Waals surface area contributed by atoms with Crippen molar-refractivity contribution in [3.63, 3.8) is 0 Å². The van der Waals surface area contributed by atoms with E-state index in [9.17, 15) is 13.6 Å². The number of hydrogen-bond acceptors (Lipinski definition) is 3. The molecule has 0 saturated carbocycles. The van der Waals surface area contributed by atoms with E-state index in [0.29, 0.717) is 10.8 Å². The van der Waals surface area contributed by atoms with E-state index in [1.807, 2.05) is 0 Å². The minimum atomic E-state index is -1.05. The zero-order valence-corrected chi connectivity index (χ0v) is 9.09. The summed E-state index contributed by atoms with van der Waals surface area (Å²) in [7, 11) is 0. The second-order valence-corrected chi connectivity index (χ2v) is 3.30. The normalized spacial score (nSPS) is 9.80. The number of rotatable bonds is 5. The van der Waals surface area contributed by atoms with Crippen LogP contribution in [0.2, 0.25) is 0 Å². The minimum absolute atomic E-state index is 0.0682. The van der Waals surface area contributed by atoms with Crippen molar-refractivity contribution >= 4 is 22.2 Å². The monoisotopic (exact) mass is 280 g/mol. The van der Waals surface area contributed by atoms with Gasteiger partial charge in [0.15, 0.2) is 6.29 Å². The van der Waals surface area contributed by atoms with Crippen LogP contribution >= 0.6 is 15.9 Å². The fourth-order valence-electron chi connectivity index (χ4n) is 1.03. The van der Waals surface area contributed by atoms with Gasteiger partial charge in [0.1, 0.15) is 11.5 Å². The van der Waals surface area contributed by atoms with Crippen molar-refractivity contribution in [1.82, 2.24) is 0 Å². The van der Waals surface area contributed by atoms with Crippen LogP contribution in [-0.2, 0) is 0 Å². The van der Waals surface area contributed by atoms with Crippen LogP contribution in [0.15, 0.2) is 16.6 Å². The lowest BCUT2D eigenvalue weighted by molar-refractivity contribution is 0.111. The SMILES string of the molecule is O=Cc1cc(OCF)cc(Br)c1OCF. The van der Waals surface area contributed by atoms with Crippen molar-refractivity contribution in [1.29, 1.82) is 0 Å². The van der Waals surface area contributed by atoms with Gasteiger partial charge in [0.25, 0.3) is 0 Å². The summed E-state index contributed by atoms with van der Waals surface area (Å²) in [6.45, 7) is -2.06. The van der Waals surface area contributed by atoms with Crippen LogP contribution in [-0.4, -0.2) is 20.0 Å². The van der Waals surface area contributed by atoms with Gasteiger partial charge in [0.2, 0.25) is 13.7 Å². The minimum Gasteiger partial charge on any atom is -0.463 e. The summed E-state index contributed by atoms with van der Waals surface area (Å²) in [5, 5.41) is 0. The summed E-state index contributed by atoms with van der Waals surface area (Å²) in [4.78, 5) is 10.6. The maximum Gasteiger partial charge on any atom is 0.228 e. The van der Waals surface area contributed by atoms with Gasteiger partial charge < -0.3 is 9.47 Å². The molecule has 0 fully saturated rings. The first-order chi connectivity index (χ1) is 7.22. The molecule has 6 heteroatoms. The van der Waals surface area contributed by atoms with Crippen molar-refractivity contribution in [2.45, 2.75) is 0 Å². The highest BCUT2D eigenvalue weighted by Gasteiger charge is 2.11. The number of benzene rings is 1. The maximum atomic E-state index is 12.0. The van der Waals surface area contributed by atoms with Gasteiger partial charge >= 0.3 is 0 Å². The smallest absolute Gasteiger partial charge is 0.228 e. The molecule has 0 spiro atoms. The first-order valence-corrected chi connectivity index (χ1v) is 4.68. The van der Waals surface area contributed by atoms with Crippen LogP contribution < -0.4 is 9.47 Å². The Morgan fingerprint density at radius 2 is 1.93 bits per heavy atom. The molecule has 1 aromatic rings. The van der Waals surface area contributed by atoms with Crippen LogP contribution in [0.5, 0.6) is 11.5 Å². The largest absolute Gasteiger partial charge is 0.463 e. The van der Waals surface area contributed by atoms with Crippen molar-refractivity contribution in [2.75, 3.05) is 13.7 Å². The standard InChI is InChI=1S/C9H7BrF2O3/c10-8-2-7(14-4-11)1-6(3-13)9(8)15-5-12/h1-3H,4-5H2. The lowest BCUT2D eigenvalue weighted by atomic mass is 10.2. The number of hydrogen-bond donors (Lipinski definition) is 0. The molecule has 0 N–H and O–H groups in total. The third kappa shape index (κ3) is 2.89. The molecular weight excluding hydrogens is 274 g/mol. The molecule has 0 unspecified atom stereocenters. The average Bonchev–Trinajstić information content (AvgIpc) is 2.22.